The van der Waals surface area contributed by atoms with Crippen molar-refractivity contribution in [1.29, 1.82) is 0 Å². The van der Waals surface area contributed by atoms with Gasteiger partial charge < -0.3 is 15.9 Å². The van der Waals surface area contributed by atoms with Crippen molar-refractivity contribution >= 4 is 34.3 Å². The van der Waals surface area contributed by atoms with Gasteiger partial charge in [0.05, 0.1) is 6.04 Å². The molecule has 0 aliphatic heterocycles. The van der Waals surface area contributed by atoms with Crippen LogP contribution in [0.2, 0.25) is 0 Å². The fraction of sp³-hybridized carbons (Fsp3) is 0.100. The van der Waals surface area contributed by atoms with Crippen molar-refractivity contribution in [2.75, 3.05) is 0 Å². The van der Waals surface area contributed by atoms with Gasteiger partial charge in [-0.25, -0.2) is 4.79 Å². The summed E-state index contributed by atoms with van der Waals surface area (Å²) in [6.07, 6.45) is 1.42. The monoisotopic (exact) mass is 307 g/mol. The second-order valence-corrected chi connectivity index (χ2v) is 3.87. The Kier molecular flexibility index (Phi) is 5.50. The van der Waals surface area contributed by atoms with Gasteiger partial charge >= 0.3 is 5.97 Å². The highest BCUT2D eigenvalue weighted by molar-refractivity contribution is 9.10. The van der Waals surface area contributed by atoms with Crippen LogP contribution >= 0.6 is 28.3 Å². The molecule has 0 fully saturated rings. The lowest BCUT2D eigenvalue weighted by atomic mass is 10.0. The molecule has 0 aliphatic rings. The third-order valence-corrected chi connectivity index (χ3v) is 2.41. The number of carboxylic acids is 1. The zero-order chi connectivity index (χ0) is 11.6. The number of hydrogen-bond acceptors (Lipinski definition) is 3. The molecule has 88 valence electrons. The molecule has 0 bridgehead atoms. The van der Waals surface area contributed by atoms with Crippen molar-refractivity contribution in [3.05, 3.63) is 40.4 Å². The molecule has 0 radical (unpaired) electrons. The van der Waals surface area contributed by atoms with E-state index in [1.807, 2.05) is 0 Å². The number of carbonyl (C=O) groups is 1. The lowest BCUT2D eigenvalue weighted by Gasteiger charge is -2.11. The lowest BCUT2D eigenvalue weighted by molar-refractivity contribution is 0.0693. The molecule has 1 rings (SSSR count). The molecule has 0 heterocycles. The third-order valence-electron chi connectivity index (χ3n) is 1.95. The van der Waals surface area contributed by atoms with Crippen LogP contribution in [0.25, 0.3) is 0 Å². The van der Waals surface area contributed by atoms with Gasteiger partial charge in [0.1, 0.15) is 11.3 Å². The molecule has 16 heavy (non-hydrogen) atoms. The van der Waals surface area contributed by atoms with Gasteiger partial charge in [-0.05, 0) is 12.1 Å². The van der Waals surface area contributed by atoms with Gasteiger partial charge in [-0.3, -0.25) is 0 Å². The molecule has 0 aromatic heterocycles. The average molecular weight is 309 g/mol. The van der Waals surface area contributed by atoms with Gasteiger partial charge in [-0.1, -0.05) is 22.0 Å². The van der Waals surface area contributed by atoms with Crippen molar-refractivity contribution in [2.24, 2.45) is 5.73 Å². The quantitative estimate of drug-likeness (QED) is 0.749. The van der Waals surface area contributed by atoms with Gasteiger partial charge in [0.15, 0.2) is 0 Å². The van der Waals surface area contributed by atoms with E-state index in [1.165, 1.54) is 12.1 Å². The molecular formula is C10H11BrClNO3. The Bertz CT molecular complexity index is 423. The first-order valence-corrected chi connectivity index (χ1v) is 4.90. The molecule has 4 nitrogen and oxygen atoms in total. The highest BCUT2D eigenvalue weighted by Crippen LogP contribution is 2.31. The van der Waals surface area contributed by atoms with E-state index < -0.39 is 12.0 Å². The predicted molar refractivity (Wildman–Crippen MR) is 67.1 cm³/mol. The van der Waals surface area contributed by atoms with Crippen LogP contribution in [-0.2, 0) is 0 Å². The van der Waals surface area contributed by atoms with E-state index >= 15 is 0 Å². The molecule has 0 saturated heterocycles. The van der Waals surface area contributed by atoms with Crippen molar-refractivity contribution in [1.82, 2.24) is 0 Å². The van der Waals surface area contributed by atoms with Crippen LogP contribution in [0, 0.1) is 0 Å². The Labute approximate surface area is 107 Å². The lowest BCUT2D eigenvalue weighted by Crippen LogP contribution is -2.09. The molecule has 4 N–H and O–H groups in total. The first-order valence-electron chi connectivity index (χ1n) is 4.11. The smallest absolute Gasteiger partial charge is 0.339 e. The summed E-state index contributed by atoms with van der Waals surface area (Å²) in [5, 5.41) is 18.5. The summed E-state index contributed by atoms with van der Waals surface area (Å²) in [6, 6.07) is 2.28. The maximum absolute atomic E-state index is 10.8. The predicted octanol–water partition coefficient (Wildman–Crippen LogP) is 2.46. The number of rotatable bonds is 3. The Balaban J connectivity index is 0.00000225. The summed E-state index contributed by atoms with van der Waals surface area (Å²) in [6.45, 7) is 3.48. The number of halogens is 2. The van der Waals surface area contributed by atoms with E-state index in [9.17, 15) is 9.90 Å². The zero-order valence-electron chi connectivity index (χ0n) is 8.18. The second-order valence-electron chi connectivity index (χ2n) is 2.96. The number of aromatic hydroxyl groups is 1. The van der Waals surface area contributed by atoms with Crippen LogP contribution in [-0.4, -0.2) is 16.2 Å². The minimum atomic E-state index is -1.20. The number of nitrogens with two attached hydrogens (primary N) is 1. The van der Waals surface area contributed by atoms with E-state index in [4.69, 9.17) is 10.8 Å². The molecule has 0 unspecified atom stereocenters. The van der Waals surface area contributed by atoms with E-state index in [0.29, 0.717) is 10.0 Å². The molecule has 1 aromatic rings. The summed E-state index contributed by atoms with van der Waals surface area (Å²) in [5.41, 5.74) is 5.79. The van der Waals surface area contributed by atoms with Gasteiger partial charge in [0.25, 0.3) is 0 Å². The van der Waals surface area contributed by atoms with Crippen molar-refractivity contribution in [3.8, 4) is 5.75 Å². The minimum absolute atomic E-state index is 0. The highest BCUT2D eigenvalue weighted by atomic mass is 79.9. The standard InChI is InChI=1S/C10H10BrNO3.ClH/c1-2-8(12)6-3-5(11)4-7(9(6)13)10(14)15;/h2-4,8,13H,1,12H2,(H,14,15);1H/t8-;/m1./s1. The molecule has 6 heteroatoms. The van der Waals surface area contributed by atoms with Crippen LogP contribution in [0.15, 0.2) is 29.3 Å². The van der Waals surface area contributed by atoms with Gasteiger partial charge in [0, 0.05) is 10.0 Å². The van der Waals surface area contributed by atoms with Crippen molar-refractivity contribution in [3.63, 3.8) is 0 Å². The van der Waals surface area contributed by atoms with Crippen LogP contribution in [0.4, 0.5) is 0 Å². The van der Waals surface area contributed by atoms with E-state index in [0.717, 1.165) is 0 Å². The van der Waals surface area contributed by atoms with Gasteiger partial charge in [-0.2, -0.15) is 0 Å². The molecule has 1 aromatic carbocycles. The topological polar surface area (TPSA) is 83.6 Å². The van der Waals surface area contributed by atoms with Gasteiger partial charge in [-0.15, -0.1) is 19.0 Å². The normalized spacial score (nSPS) is 11.4. The van der Waals surface area contributed by atoms with Crippen molar-refractivity contribution in [2.45, 2.75) is 6.04 Å². The molecule has 0 saturated carbocycles. The Morgan fingerprint density at radius 2 is 2.12 bits per heavy atom. The van der Waals surface area contributed by atoms with Crippen LogP contribution < -0.4 is 5.73 Å². The first-order chi connectivity index (χ1) is 6.97. The number of benzene rings is 1. The summed E-state index contributed by atoms with van der Waals surface area (Å²) < 4.78 is 0.546. The largest absolute Gasteiger partial charge is 0.507 e. The summed E-state index contributed by atoms with van der Waals surface area (Å²) in [5.74, 6) is -1.52. The van der Waals surface area contributed by atoms with E-state index in [1.54, 1.807) is 6.07 Å². The summed E-state index contributed by atoms with van der Waals surface area (Å²) >= 11 is 3.15. The highest BCUT2D eigenvalue weighted by Gasteiger charge is 2.17. The molecule has 0 amide bonds. The van der Waals surface area contributed by atoms with Crippen LogP contribution in [0.1, 0.15) is 22.0 Å². The van der Waals surface area contributed by atoms with Crippen molar-refractivity contribution < 1.29 is 15.0 Å². The maximum Gasteiger partial charge on any atom is 0.339 e. The molecule has 0 spiro atoms. The Morgan fingerprint density at radius 3 is 2.56 bits per heavy atom. The number of hydrogen-bond donors (Lipinski definition) is 3. The molecule has 1 atom stereocenters. The third kappa shape index (κ3) is 2.98. The van der Waals surface area contributed by atoms with Gasteiger partial charge in [0.2, 0.25) is 0 Å². The minimum Gasteiger partial charge on any atom is -0.507 e. The Morgan fingerprint density at radius 1 is 1.56 bits per heavy atom. The second kappa shape index (κ2) is 5.89. The number of phenols is 1. The first kappa shape index (κ1) is 15.0. The maximum atomic E-state index is 10.8. The van der Waals surface area contributed by atoms with E-state index in [-0.39, 0.29) is 23.7 Å². The Hall–Kier alpha value is -1.04. The fourth-order valence-electron chi connectivity index (χ4n) is 1.16. The molecule has 0 aliphatic carbocycles. The molecular weight excluding hydrogens is 297 g/mol. The summed E-state index contributed by atoms with van der Waals surface area (Å²) in [4.78, 5) is 10.8. The van der Waals surface area contributed by atoms with Crippen LogP contribution in [0.3, 0.4) is 0 Å². The average Bonchev–Trinajstić information content (AvgIpc) is 2.19. The summed E-state index contributed by atoms with van der Waals surface area (Å²) in [7, 11) is 0. The SMILES string of the molecule is C=C[C@@H](N)c1cc(Br)cc(C(=O)O)c1O.Cl. The van der Waals surface area contributed by atoms with Crippen LogP contribution in [0.5, 0.6) is 5.75 Å². The zero-order valence-corrected chi connectivity index (χ0v) is 10.6. The fourth-order valence-corrected chi connectivity index (χ4v) is 1.64. The van der Waals surface area contributed by atoms with E-state index in [2.05, 4.69) is 22.5 Å². The number of aromatic carboxylic acids is 1. The number of carboxylic acid groups (broad SMARTS) is 1.